The number of nitrogens with two attached hydrogens (primary N) is 1. The third kappa shape index (κ3) is 3.58. The molecule has 0 spiro atoms. The van der Waals surface area contributed by atoms with Crippen LogP contribution in [0.2, 0.25) is 0 Å². The van der Waals surface area contributed by atoms with Crippen molar-refractivity contribution in [1.82, 2.24) is 14.9 Å². The first-order valence-electron chi connectivity index (χ1n) is 5.31. The van der Waals surface area contributed by atoms with Crippen LogP contribution < -0.4 is 10.5 Å². The van der Waals surface area contributed by atoms with Gasteiger partial charge in [0.2, 0.25) is 10.0 Å². The molecule has 0 aliphatic carbocycles. The highest BCUT2D eigenvalue weighted by Crippen LogP contribution is 2.08. The maximum atomic E-state index is 11.8. The summed E-state index contributed by atoms with van der Waals surface area (Å²) in [6.45, 7) is 2.36. The van der Waals surface area contributed by atoms with E-state index in [1.165, 1.54) is 12.4 Å². The molecule has 92 valence electrons. The SMILES string of the molecule is CCCCC(CN)NS(=O)(=O)c1cn[nH]c1. The Hall–Kier alpha value is -0.920. The summed E-state index contributed by atoms with van der Waals surface area (Å²) in [5.74, 6) is 0. The molecule has 1 heterocycles. The van der Waals surface area contributed by atoms with Crippen molar-refractivity contribution in [1.29, 1.82) is 0 Å². The van der Waals surface area contributed by atoms with Crippen LogP contribution in [0.5, 0.6) is 0 Å². The lowest BCUT2D eigenvalue weighted by atomic mass is 10.1. The van der Waals surface area contributed by atoms with E-state index in [1.807, 2.05) is 0 Å². The van der Waals surface area contributed by atoms with Crippen LogP contribution >= 0.6 is 0 Å². The van der Waals surface area contributed by atoms with Crippen molar-refractivity contribution < 1.29 is 8.42 Å². The second-order valence-corrected chi connectivity index (χ2v) is 5.34. The van der Waals surface area contributed by atoms with Gasteiger partial charge in [0.15, 0.2) is 0 Å². The number of rotatable bonds is 7. The molecule has 0 radical (unpaired) electrons. The molecule has 0 saturated heterocycles. The fourth-order valence-corrected chi connectivity index (χ4v) is 2.54. The number of unbranched alkanes of at least 4 members (excludes halogenated alkanes) is 1. The minimum Gasteiger partial charge on any atom is -0.329 e. The summed E-state index contributed by atoms with van der Waals surface area (Å²) in [5.41, 5.74) is 5.52. The van der Waals surface area contributed by atoms with Gasteiger partial charge >= 0.3 is 0 Å². The van der Waals surface area contributed by atoms with Crippen LogP contribution in [-0.2, 0) is 10.0 Å². The fourth-order valence-electron chi connectivity index (χ4n) is 1.35. The molecule has 0 aliphatic rings. The Morgan fingerprint density at radius 2 is 2.38 bits per heavy atom. The molecule has 0 aliphatic heterocycles. The minimum absolute atomic E-state index is 0.141. The predicted molar refractivity (Wildman–Crippen MR) is 61.3 cm³/mol. The molecule has 16 heavy (non-hydrogen) atoms. The summed E-state index contributed by atoms with van der Waals surface area (Å²) < 4.78 is 26.2. The first kappa shape index (κ1) is 13.1. The topological polar surface area (TPSA) is 101 Å². The molecule has 6 nitrogen and oxygen atoms in total. The third-order valence-electron chi connectivity index (χ3n) is 2.30. The van der Waals surface area contributed by atoms with E-state index in [0.717, 1.165) is 19.3 Å². The zero-order chi connectivity index (χ0) is 12.0. The molecular formula is C9H18N4O2S. The van der Waals surface area contributed by atoms with E-state index in [1.54, 1.807) is 0 Å². The summed E-state index contributed by atoms with van der Waals surface area (Å²) >= 11 is 0. The number of sulfonamides is 1. The average molecular weight is 246 g/mol. The quantitative estimate of drug-likeness (QED) is 0.640. The smallest absolute Gasteiger partial charge is 0.243 e. The maximum Gasteiger partial charge on any atom is 0.243 e. The lowest BCUT2D eigenvalue weighted by Gasteiger charge is -2.15. The van der Waals surface area contributed by atoms with Gasteiger partial charge in [0.25, 0.3) is 0 Å². The molecule has 0 fully saturated rings. The number of nitrogens with zero attached hydrogens (tertiary/aromatic N) is 1. The van der Waals surface area contributed by atoms with Crippen LogP contribution in [0, 0.1) is 0 Å². The van der Waals surface area contributed by atoms with Crippen molar-refractivity contribution in [2.24, 2.45) is 5.73 Å². The van der Waals surface area contributed by atoms with E-state index in [-0.39, 0.29) is 10.9 Å². The molecule has 1 unspecified atom stereocenters. The van der Waals surface area contributed by atoms with Gasteiger partial charge in [-0.15, -0.1) is 0 Å². The molecule has 0 aromatic carbocycles. The molecule has 1 rings (SSSR count). The van der Waals surface area contributed by atoms with Gasteiger partial charge in [-0.2, -0.15) is 5.10 Å². The van der Waals surface area contributed by atoms with Crippen LogP contribution in [-0.4, -0.2) is 31.2 Å². The highest BCUT2D eigenvalue weighted by atomic mass is 32.2. The van der Waals surface area contributed by atoms with E-state index in [2.05, 4.69) is 21.8 Å². The monoisotopic (exact) mass is 246 g/mol. The number of aromatic nitrogens is 2. The summed E-state index contributed by atoms with van der Waals surface area (Å²) in [6, 6.07) is -0.208. The van der Waals surface area contributed by atoms with Crippen molar-refractivity contribution >= 4 is 10.0 Å². The number of nitrogens with one attached hydrogen (secondary N) is 2. The summed E-state index contributed by atoms with van der Waals surface area (Å²) in [7, 11) is -3.48. The lowest BCUT2D eigenvalue weighted by molar-refractivity contribution is 0.516. The highest BCUT2D eigenvalue weighted by Gasteiger charge is 2.19. The van der Waals surface area contributed by atoms with Gasteiger partial charge < -0.3 is 5.73 Å². The first-order chi connectivity index (χ1) is 7.60. The van der Waals surface area contributed by atoms with Crippen LogP contribution in [0.4, 0.5) is 0 Å². The molecule has 0 saturated carbocycles. The Bertz CT molecular complexity index is 388. The minimum atomic E-state index is -3.48. The van der Waals surface area contributed by atoms with Gasteiger partial charge in [-0.25, -0.2) is 13.1 Å². The Morgan fingerprint density at radius 3 is 2.88 bits per heavy atom. The molecular weight excluding hydrogens is 228 g/mol. The molecule has 4 N–H and O–H groups in total. The Labute approximate surface area is 95.7 Å². The van der Waals surface area contributed by atoms with Gasteiger partial charge in [-0.1, -0.05) is 19.8 Å². The number of hydrogen-bond donors (Lipinski definition) is 3. The van der Waals surface area contributed by atoms with E-state index in [4.69, 9.17) is 5.73 Å². The normalized spacial score (nSPS) is 13.9. The fraction of sp³-hybridized carbons (Fsp3) is 0.667. The van der Waals surface area contributed by atoms with Crippen molar-refractivity contribution in [3.63, 3.8) is 0 Å². The Kier molecular flexibility index (Phi) is 4.91. The Morgan fingerprint density at radius 1 is 1.62 bits per heavy atom. The van der Waals surface area contributed by atoms with Crippen molar-refractivity contribution in [3.8, 4) is 0 Å². The van der Waals surface area contributed by atoms with E-state index in [0.29, 0.717) is 6.54 Å². The maximum absolute atomic E-state index is 11.8. The van der Waals surface area contributed by atoms with Gasteiger partial charge in [0.1, 0.15) is 4.90 Å². The summed E-state index contributed by atoms with van der Waals surface area (Å²) in [5, 5.41) is 6.08. The zero-order valence-electron chi connectivity index (χ0n) is 9.31. The van der Waals surface area contributed by atoms with Crippen LogP contribution in [0.25, 0.3) is 0 Å². The predicted octanol–water partition coefficient (Wildman–Crippen LogP) is 0.206. The zero-order valence-corrected chi connectivity index (χ0v) is 10.1. The van der Waals surface area contributed by atoms with Crippen LogP contribution in [0.15, 0.2) is 17.3 Å². The molecule has 1 atom stereocenters. The van der Waals surface area contributed by atoms with Crippen LogP contribution in [0.3, 0.4) is 0 Å². The molecule has 1 aromatic rings. The van der Waals surface area contributed by atoms with Crippen molar-refractivity contribution in [3.05, 3.63) is 12.4 Å². The van der Waals surface area contributed by atoms with Gasteiger partial charge in [-0.3, -0.25) is 5.10 Å². The number of aromatic amines is 1. The highest BCUT2D eigenvalue weighted by molar-refractivity contribution is 7.89. The van der Waals surface area contributed by atoms with E-state index < -0.39 is 10.0 Å². The largest absolute Gasteiger partial charge is 0.329 e. The van der Waals surface area contributed by atoms with Gasteiger partial charge in [0, 0.05) is 18.8 Å². The second kappa shape index (κ2) is 5.97. The molecule has 0 bridgehead atoms. The second-order valence-electron chi connectivity index (χ2n) is 3.63. The van der Waals surface area contributed by atoms with E-state index >= 15 is 0 Å². The van der Waals surface area contributed by atoms with E-state index in [9.17, 15) is 8.42 Å². The van der Waals surface area contributed by atoms with Crippen molar-refractivity contribution in [2.75, 3.05) is 6.54 Å². The Balaban J connectivity index is 2.64. The number of hydrogen-bond acceptors (Lipinski definition) is 4. The van der Waals surface area contributed by atoms with Crippen molar-refractivity contribution in [2.45, 2.75) is 37.1 Å². The molecule has 0 amide bonds. The first-order valence-corrected chi connectivity index (χ1v) is 6.79. The summed E-state index contributed by atoms with van der Waals surface area (Å²) in [4.78, 5) is 0.141. The van der Waals surface area contributed by atoms with Crippen LogP contribution in [0.1, 0.15) is 26.2 Å². The third-order valence-corrected chi connectivity index (χ3v) is 3.78. The molecule has 7 heteroatoms. The standard InChI is InChI=1S/C9H18N4O2S/c1-2-3-4-8(5-10)13-16(14,15)9-6-11-12-7-9/h6-8,13H,2-5,10H2,1H3,(H,11,12). The lowest BCUT2D eigenvalue weighted by Crippen LogP contribution is -2.39. The number of H-pyrrole nitrogens is 1. The van der Waals surface area contributed by atoms with Gasteiger partial charge in [-0.05, 0) is 6.42 Å². The average Bonchev–Trinajstić information content (AvgIpc) is 2.78. The van der Waals surface area contributed by atoms with Gasteiger partial charge in [0.05, 0.1) is 6.20 Å². The summed E-state index contributed by atoms with van der Waals surface area (Å²) in [6.07, 6.45) is 5.34. The molecule has 1 aromatic heterocycles.